The summed E-state index contributed by atoms with van der Waals surface area (Å²) in [5.74, 6) is 0.944. The van der Waals surface area contributed by atoms with Crippen LogP contribution in [-0.4, -0.2) is 32.4 Å². The molecule has 0 unspecified atom stereocenters. The van der Waals surface area contributed by atoms with Gasteiger partial charge in [-0.15, -0.1) is 0 Å². The number of methoxy groups -OCH3 is 2. The first-order chi connectivity index (χ1) is 12.0. The number of ether oxygens (including phenoxy) is 2. The van der Waals surface area contributed by atoms with Gasteiger partial charge in [0.1, 0.15) is 11.5 Å². The molecule has 0 fully saturated rings. The van der Waals surface area contributed by atoms with Crippen LogP contribution in [0.15, 0.2) is 65.8 Å². The Balaban J connectivity index is 1.87. The first-order valence-electron chi connectivity index (χ1n) is 7.38. The lowest BCUT2D eigenvalue weighted by atomic mass is 10.3. The zero-order valence-corrected chi connectivity index (χ0v) is 14.5. The molecule has 1 heterocycles. The van der Waals surface area contributed by atoms with E-state index in [1.165, 1.54) is 26.4 Å². The van der Waals surface area contributed by atoms with Gasteiger partial charge in [0.15, 0.2) is 0 Å². The maximum absolute atomic E-state index is 12.6. The van der Waals surface area contributed by atoms with Crippen LogP contribution >= 0.6 is 0 Å². The third-order valence-electron chi connectivity index (χ3n) is 3.57. The number of aromatic nitrogens is 2. The number of nitrogens with one attached hydrogen (secondary N) is 1. The molecule has 0 saturated carbocycles. The van der Waals surface area contributed by atoms with Crippen LogP contribution in [0.4, 0.5) is 5.69 Å². The highest BCUT2D eigenvalue weighted by molar-refractivity contribution is 7.92. The number of sulfonamides is 1. The van der Waals surface area contributed by atoms with Crippen molar-refractivity contribution in [3.63, 3.8) is 0 Å². The van der Waals surface area contributed by atoms with Crippen molar-refractivity contribution in [1.29, 1.82) is 0 Å². The molecule has 1 aromatic heterocycles. The molecule has 3 aromatic rings. The van der Waals surface area contributed by atoms with Crippen LogP contribution in [0.3, 0.4) is 0 Å². The second-order valence-corrected chi connectivity index (χ2v) is 6.80. The third-order valence-corrected chi connectivity index (χ3v) is 4.95. The molecule has 0 aliphatic rings. The van der Waals surface area contributed by atoms with Crippen LogP contribution in [0.5, 0.6) is 11.5 Å². The molecule has 130 valence electrons. The van der Waals surface area contributed by atoms with E-state index < -0.39 is 10.0 Å². The van der Waals surface area contributed by atoms with E-state index in [1.807, 2.05) is 0 Å². The Kier molecular flexibility index (Phi) is 4.62. The lowest BCUT2D eigenvalue weighted by Gasteiger charge is -2.13. The fraction of sp³-hybridized carbons (Fsp3) is 0.118. The van der Waals surface area contributed by atoms with Crippen LogP contribution in [0.2, 0.25) is 0 Å². The van der Waals surface area contributed by atoms with Crippen LogP contribution in [-0.2, 0) is 10.0 Å². The van der Waals surface area contributed by atoms with E-state index in [0.29, 0.717) is 17.2 Å². The Labute approximate surface area is 145 Å². The minimum absolute atomic E-state index is 0.140. The molecule has 0 atom stereocenters. The number of anilines is 1. The smallest absolute Gasteiger partial charge is 0.262 e. The van der Waals surface area contributed by atoms with Gasteiger partial charge in [0.2, 0.25) is 0 Å². The van der Waals surface area contributed by atoms with Gasteiger partial charge >= 0.3 is 0 Å². The molecule has 0 bridgehead atoms. The lowest BCUT2D eigenvalue weighted by Crippen LogP contribution is -2.13. The number of benzene rings is 2. The van der Waals surface area contributed by atoms with Crippen LogP contribution in [0.25, 0.3) is 5.69 Å². The largest absolute Gasteiger partial charge is 0.497 e. The van der Waals surface area contributed by atoms with Crippen LogP contribution in [0, 0.1) is 0 Å². The normalized spacial score (nSPS) is 11.1. The Morgan fingerprint density at radius 3 is 2.40 bits per heavy atom. The standard InChI is InChI=1S/C17H17N3O4S/c1-23-14-6-9-16(17(12-14)24-2)19-25(21,22)15-7-4-13(5-8-15)20-11-3-10-18-20/h3-12,19H,1-2H3. The first-order valence-corrected chi connectivity index (χ1v) is 8.87. The molecule has 0 amide bonds. The molecule has 0 radical (unpaired) electrons. The fourth-order valence-corrected chi connectivity index (χ4v) is 3.36. The van der Waals surface area contributed by atoms with Crippen LogP contribution < -0.4 is 14.2 Å². The summed E-state index contributed by atoms with van der Waals surface area (Å²) in [7, 11) is -0.760. The average Bonchev–Trinajstić information content (AvgIpc) is 3.16. The summed E-state index contributed by atoms with van der Waals surface area (Å²) in [6.45, 7) is 0. The van der Waals surface area contributed by atoms with Crippen molar-refractivity contribution in [2.24, 2.45) is 0 Å². The number of nitrogens with zero attached hydrogens (tertiary/aromatic N) is 2. The minimum atomic E-state index is -3.75. The predicted molar refractivity (Wildman–Crippen MR) is 93.9 cm³/mol. The average molecular weight is 359 g/mol. The van der Waals surface area contributed by atoms with Gasteiger partial charge in [0.05, 0.1) is 30.5 Å². The number of hydrogen-bond donors (Lipinski definition) is 1. The first kappa shape index (κ1) is 16.8. The Bertz CT molecular complexity index is 952. The second-order valence-electron chi connectivity index (χ2n) is 5.12. The van der Waals surface area contributed by atoms with Crippen molar-refractivity contribution in [3.05, 3.63) is 60.9 Å². The number of hydrogen-bond acceptors (Lipinski definition) is 5. The lowest BCUT2D eigenvalue weighted by molar-refractivity contribution is 0.395. The highest BCUT2D eigenvalue weighted by Crippen LogP contribution is 2.30. The number of rotatable bonds is 6. The molecule has 8 heteroatoms. The van der Waals surface area contributed by atoms with Gasteiger partial charge in [-0.3, -0.25) is 4.72 Å². The van der Waals surface area contributed by atoms with Gasteiger partial charge < -0.3 is 9.47 Å². The van der Waals surface area contributed by atoms with Crippen molar-refractivity contribution in [2.45, 2.75) is 4.90 Å². The summed E-state index contributed by atoms with van der Waals surface area (Å²) in [6.07, 6.45) is 3.44. The van der Waals surface area contributed by atoms with E-state index in [9.17, 15) is 8.42 Å². The van der Waals surface area contributed by atoms with E-state index in [1.54, 1.807) is 53.5 Å². The third kappa shape index (κ3) is 3.58. The minimum Gasteiger partial charge on any atom is -0.497 e. The van der Waals surface area contributed by atoms with Gasteiger partial charge in [-0.05, 0) is 42.5 Å². The maximum atomic E-state index is 12.6. The topological polar surface area (TPSA) is 82.5 Å². The van der Waals surface area contributed by atoms with Gasteiger partial charge in [-0.1, -0.05) is 0 Å². The van der Waals surface area contributed by atoms with Crippen molar-refractivity contribution in [1.82, 2.24) is 9.78 Å². The summed E-state index contributed by atoms with van der Waals surface area (Å²) < 4.78 is 39.7. The quantitative estimate of drug-likeness (QED) is 0.732. The summed E-state index contributed by atoms with van der Waals surface area (Å²) >= 11 is 0. The monoisotopic (exact) mass is 359 g/mol. The molecule has 0 aliphatic heterocycles. The van der Waals surface area contributed by atoms with E-state index in [0.717, 1.165) is 5.69 Å². The Hall–Kier alpha value is -3.00. The molecule has 7 nitrogen and oxygen atoms in total. The molecule has 0 aliphatic carbocycles. The van der Waals surface area contributed by atoms with Crippen molar-refractivity contribution in [3.8, 4) is 17.2 Å². The van der Waals surface area contributed by atoms with Crippen molar-refractivity contribution >= 4 is 15.7 Å². The summed E-state index contributed by atoms with van der Waals surface area (Å²) in [5, 5.41) is 4.11. The Morgan fingerprint density at radius 2 is 1.80 bits per heavy atom. The van der Waals surface area contributed by atoms with Crippen LogP contribution in [0.1, 0.15) is 0 Å². The van der Waals surface area contributed by atoms with Gasteiger partial charge in [0.25, 0.3) is 10.0 Å². The van der Waals surface area contributed by atoms with Gasteiger partial charge in [-0.25, -0.2) is 13.1 Å². The highest BCUT2D eigenvalue weighted by atomic mass is 32.2. The zero-order valence-electron chi connectivity index (χ0n) is 13.7. The summed E-state index contributed by atoms with van der Waals surface area (Å²) in [5.41, 5.74) is 1.10. The highest BCUT2D eigenvalue weighted by Gasteiger charge is 2.17. The van der Waals surface area contributed by atoms with Gasteiger partial charge in [0, 0.05) is 18.5 Å². The molecule has 0 spiro atoms. The molecular formula is C17H17N3O4S. The fourth-order valence-electron chi connectivity index (χ4n) is 2.29. The maximum Gasteiger partial charge on any atom is 0.262 e. The second kappa shape index (κ2) is 6.86. The van der Waals surface area contributed by atoms with Gasteiger partial charge in [-0.2, -0.15) is 5.10 Å². The van der Waals surface area contributed by atoms with E-state index in [4.69, 9.17) is 9.47 Å². The summed E-state index contributed by atoms with van der Waals surface area (Å²) in [6, 6.07) is 13.1. The zero-order chi connectivity index (χ0) is 17.9. The van der Waals surface area contributed by atoms with E-state index in [-0.39, 0.29) is 4.90 Å². The van der Waals surface area contributed by atoms with E-state index in [2.05, 4.69) is 9.82 Å². The molecular weight excluding hydrogens is 342 g/mol. The predicted octanol–water partition coefficient (Wildman–Crippen LogP) is 2.69. The Morgan fingerprint density at radius 1 is 1.04 bits per heavy atom. The molecule has 1 N–H and O–H groups in total. The molecule has 3 rings (SSSR count). The molecule has 0 saturated heterocycles. The molecule has 2 aromatic carbocycles. The van der Waals surface area contributed by atoms with E-state index >= 15 is 0 Å². The summed E-state index contributed by atoms with van der Waals surface area (Å²) in [4.78, 5) is 0.140. The van der Waals surface area contributed by atoms with Crippen molar-refractivity contribution < 1.29 is 17.9 Å². The van der Waals surface area contributed by atoms with Crippen molar-refractivity contribution in [2.75, 3.05) is 18.9 Å². The SMILES string of the molecule is COc1ccc(NS(=O)(=O)c2ccc(-n3cccn3)cc2)c(OC)c1. The molecule has 25 heavy (non-hydrogen) atoms.